The maximum atomic E-state index is 13.2. The number of halogens is 1. The summed E-state index contributed by atoms with van der Waals surface area (Å²) < 4.78 is 23.4. The summed E-state index contributed by atoms with van der Waals surface area (Å²) in [5, 5.41) is 11.6. The number of hydrogen-bond acceptors (Lipinski definition) is 6. The molecule has 2 heterocycles. The first-order valence-electron chi connectivity index (χ1n) is 14.4. The Kier molecular flexibility index (Phi) is 9.20. The zero-order valence-electron chi connectivity index (χ0n) is 23.0. The van der Waals surface area contributed by atoms with Crippen molar-refractivity contribution in [2.45, 2.75) is 83.1 Å². The average Bonchev–Trinajstić information content (AvgIpc) is 2.92. The summed E-state index contributed by atoms with van der Waals surface area (Å²) in [5.74, 6) is 1.04. The number of carbonyl (C=O) groups is 1. The summed E-state index contributed by atoms with van der Waals surface area (Å²) >= 11 is 6.39. The predicted molar refractivity (Wildman–Crippen MR) is 157 cm³/mol. The van der Waals surface area contributed by atoms with E-state index in [2.05, 4.69) is 28.3 Å². The minimum atomic E-state index is -1.63. The van der Waals surface area contributed by atoms with Gasteiger partial charge in [-0.15, -0.1) is 0 Å². The minimum Gasteiger partial charge on any atom is -0.491 e. The van der Waals surface area contributed by atoms with E-state index in [0.29, 0.717) is 24.6 Å². The number of aliphatic hydroxyl groups is 1. The zero-order chi connectivity index (χ0) is 27.5. The molecule has 2 aromatic carbocycles. The van der Waals surface area contributed by atoms with Crippen LogP contribution in [0.25, 0.3) is 0 Å². The molecule has 6 nitrogen and oxygen atoms in total. The molecule has 5 rings (SSSR count). The zero-order valence-corrected chi connectivity index (χ0v) is 24.6. The van der Waals surface area contributed by atoms with Crippen LogP contribution in [0.5, 0.6) is 5.75 Å². The molecule has 0 unspecified atom stereocenters. The Bertz CT molecular complexity index is 1280. The van der Waals surface area contributed by atoms with Crippen LogP contribution in [0.15, 0.2) is 40.8 Å². The maximum Gasteiger partial charge on any atom is 0.254 e. The fourth-order valence-electron chi connectivity index (χ4n) is 6.18. The normalized spacial score (nSPS) is 29.1. The van der Waals surface area contributed by atoms with Crippen molar-refractivity contribution >= 4 is 33.8 Å². The van der Waals surface area contributed by atoms with Gasteiger partial charge in [-0.2, -0.15) is 10.6 Å². The van der Waals surface area contributed by atoms with E-state index in [1.54, 1.807) is 6.07 Å². The molecule has 2 aliphatic heterocycles. The van der Waals surface area contributed by atoms with Crippen molar-refractivity contribution in [1.82, 2.24) is 0 Å². The fourth-order valence-corrected chi connectivity index (χ4v) is 7.34. The summed E-state index contributed by atoms with van der Waals surface area (Å²) in [7, 11) is -1.63. The van der Waals surface area contributed by atoms with Gasteiger partial charge in [0.25, 0.3) is 5.91 Å². The van der Waals surface area contributed by atoms with E-state index in [9.17, 15) is 14.1 Å². The average molecular weight is 572 g/mol. The lowest BCUT2D eigenvalue weighted by Gasteiger charge is -2.43. The molecule has 8 heteroatoms. The second-order valence-corrected chi connectivity index (χ2v) is 13.6. The van der Waals surface area contributed by atoms with Gasteiger partial charge in [0.05, 0.1) is 18.4 Å². The van der Waals surface area contributed by atoms with Gasteiger partial charge in [0.1, 0.15) is 5.75 Å². The molecule has 0 spiro atoms. The van der Waals surface area contributed by atoms with E-state index in [0.717, 1.165) is 74.4 Å². The third-order valence-electron chi connectivity index (χ3n) is 9.05. The molecule has 1 aliphatic carbocycles. The third kappa shape index (κ3) is 6.63. The Morgan fingerprint density at radius 1 is 1.03 bits per heavy atom. The number of aryl methyl sites for hydroxylation is 1. The molecule has 1 fully saturated rings. The standard InChI is InChI=1S/C31H40ClN2O4S/c1-20-6-5-8-29(35)27-13-10-25(27)19-34-18-24-9-12-26(32)16-22(24)7-3-4-15-38-30-14-11-23(17-28(30)34)31(36)33-39(37)21(20)2/h9,11-12,14,16-17,20-21,25,27,29,35H,3-8,10,13,15,18-19H2,1-2H3/q-1/t20-,21+,25-,27+,29-/m0/s1. The molecule has 2 aromatic rings. The largest absolute Gasteiger partial charge is 0.491 e. The number of fused-ring (bicyclic) bond motifs is 3. The number of amides is 1. The fraction of sp³-hybridized carbons (Fsp3) is 0.581. The van der Waals surface area contributed by atoms with Crippen molar-refractivity contribution in [3.63, 3.8) is 0 Å². The number of hydrogen-bond donors (Lipinski definition) is 1. The van der Waals surface area contributed by atoms with Crippen LogP contribution >= 0.6 is 11.6 Å². The Morgan fingerprint density at radius 2 is 1.87 bits per heavy atom. The first-order valence-corrected chi connectivity index (χ1v) is 16.0. The van der Waals surface area contributed by atoms with Crippen LogP contribution in [0.1, 0.15) is 80.3 Å². The number of anilines is 1. The van der Waals surface area contributed by atoms with E-state index in [1.807, 2.05) is 25.1 Å². The lowest BCUT2D eigenvalue weighted by atomic mass is 9.69. The Balaban J connectivity index is 1.59. The summed E-state index contributed by atoms with van der Waals surface area (Å²) in [6, 6.07) is 11.6. The van der Waals surface area contributed by atoms with Gasteiger partial charge in [-0.1, -0.05) is 55.5 Å². The number of rotatable bonds is 0. The molecule has 3 aliphatic rings. The van der Waals surface area contributed by atoms with Gasteiger partial charge in [-0.3, -0.25) is 4.79 Å². The number of ether oxygens (including phenoxy) is 1. The van der Waals surface area contributed by atoms with Crippen LogP contribution in [0, 0.1) is 17.8 Å². The molecule has 2 bridgehead atoms. The number of carbonyl (C=O) groups excluding carboxylic acids is 1. The molecule has 0 aromatic heterocycles. The smallest absolute Gasteiger partial charge is 0.254 e. The van der Waals surface area contributed by atoms with E-state index in [1.165, 1.54) is 11.1 Å². The second-order valence-electron chi connectivity index (χ2n) is 11.6. The van der Waals surface area contributed by atoms with Gasteiger partial charge in [0, 0.05) is 23.7 Å². The second kappa shape index (κ2) is 12.6. The molecule has 212 valence electrons. The highest BCUT2D eigenvalue weighted by Gasteiger charge is 2.37. The molecule has 1 saturated carbocycles. The molecule has 0 saturated heterocycles. The first kappa shape index (κ1) is 28.4. The van der Waals surface area contributed by atoms with Gasteiger partial charge < -0.3 is 23.3 Å². The minimum absolute atomic E-state index is 0.143. The van der Waals surface area contributed by atoms with Crippen LogP contribution in [0.4, 0.5) is 5.69 Å². The van der Waals surface area contributed by atoms with Gasteiger partial charge in [-0.25, -0.2) is 0 Å². The number of nitrogens with zero attached hydrogens (tertiary/aromatic N) is 2. The monoisotopic (exact) mass is 571 g/mol. The molecular formula is C31H40ClN2O4S-. The van der Waals surface area contributed by atoms with Gasteiger partial charge in [-0.05, 0) is 91.8 Å². The lowest BCUT2D eigenvalue weighted by Crippen LogP contribution is -2.43. The van der Waals surface area contributed by atoms with Crippen LogP contribution in [-0.4, -0.2) is 35.5 Å². The van der Waals surface area contributed by atoms with E-state index >= 15 is 0 Å². The topological polar surface area (TPSA) is 79.2 Å². The Morgan fingerprint density at radius 3 is 2.67 bits per heavy atom. The van der Waals surface area contributed by atoms with Gasteiger partial charge in [0.2, 0.25) is 0 Å². The van der Waals surface area contributed by atoms with Crippen molar-refractivity contribution < 1.29 is 18.8 Å². The highest BCUT2D eigenvalue weighted by molar-refractivity contribution is 7.75. The van der Waals surface area contributed by atoms with Crippen LogP contribution < -0.4 is 9.64 Å². The van der Waals surface area contributed by atoms with E-state index < -0.39 is 16.5 Å². The van der Waals surface area contributed by atoms with Crippen molar-refractivity contribution in [2.75, 3.05) is 18.1 Å². The predicted octanol–water partition coefficient (Wildman–Crippen LogP) is 6.94. The summed E-state index contributed by atoms with van der Waals surface area (Å²) in [6.07, 6.45) is 7.07. The maximum absolute atomic E-state index is 13.2. The molecule has 5 atom stereocenters. The summed E-state index contributed by atoms with van der Waals surface area (Å²) in [6.45, 7) is 5.95. The van der Waals surface area contributed by atoms with E-state index in [-0.39, 0.29) is 23.2 Å². The van der Waals surface area contributed by atoms with E-state index in [4.69, 9.17) is 16.3 Å². The van der Waals surface area contributed by atoms with Crippen LogP contribution in [-0.2, 0) is 27.8 Å². The number of aliphatic hydroxyl groups excluding tert-OH is 1. The van der Waals surface area contributed by atoms with Crippen LogP contribution in [0.2, 0.25) is 5.02 Å². The molecular weight excluding hydrogens is 532 g/mol. The lowest BCUT2D eigenvalue weighted by molar-refractivity contribution is 0.00878. The first-order chi connectivity index (χ1) is 18.8. The summed E-state index contributed by atoms with van der Waals surface area (Å²) in [4.78, 5) is 15.5. The van der Waals surface area contributed by atoms with Crippen molar-refractivity contribution in [3.8, 4) is 5.75 Å². The summed E-state index contributed by atoms with van der Waals surface area (Å²) in [5.41, 5.74) is 3.71. The van der Waals surface area contributed by atoms with Gasteiger partial charge in [0.15, 0.2) is 0 Å². The Hall–Kier alpha value is -2.09. The highest BCUT2D eigenvalue weighted by Crippen LogP contribution is 2.42. The molecule has 1 amide bonds. The van der Waals surface area contributed by atoms with Crippen molar-refractivity contribution in [2.24, 2.45) is 22.1 Å². The molecule has 0 radical (unpaired) electrons. The Labute approximate surface area is 239 Å². The number of benzene rings is 2. The SMILES string of the molecule is C[C@@H]1[C@@H](C)CCC[C@H](O)[C@@H]2CC[C@H]2CN2Cc3ccc(Cl)cc3CCCCOc3ccc(cc32)C(=O)N=[S-]1=O. The highest BCUT2D eigenvalue weighted by atomic mass is 35.5. The molecule has 1 N–H and O–H groups in total. The van der Waals surface area contributed by atoms with Crippen molar-refractivity contribution in [3.05, 3.63) is 58.1 Å². The molecule has 39 heavy (non-hydrogen) atoms. The quantitative estimate of drug-likeness (QED) is 0.346. The van der Waals surface area contributed by atoms with Crippen LogP contribution in [0.3, 0.4) is 0 Å². The third-order valence-corrected chi connectivity index (χ3v) is 10.7. The van der Waals surface area contributed by atoms with Gasteiger partial charge >= 0.3 is 0 Å². The van der Waals surface area contributed by atoms with Crippen molar-refractivity contribution in [1.29, 1.82) is 0 Å².